The van der Waals surface area contributed by atoms with Gasteiger partial charge in [0, 0.05) is 37.3 Å². The van der Waals surface area contributed by atoms with Gasteiger partial charge in [-0.05, 0) is 64.1 Å². The molecule has 0 saturated carbocycles. The maximum atomic E-state index is 12.6. The van der Waals surface area contributed by atoms with Crippen molar-refractivity contribution >= 4 is 23.5 Å². The highest BCUT2D eigenvalue weighted by atomic mass is 16.6. The minimum absolute atomic E-state index is 0.264. The van der Waals surface area contributed by atoms with Crippen LogP contribution in [0.25, 0.3) is 11.5 Å². The molecule has 34 heavy (non-hydrogen) atoms. The molecule has 1 N–H and O–H groups in total. The van der Waals surface area contributed by atoms with Crippen LogP contribution in [0.3, 0.4) is 0 Å². The molecular formula is C24H28N6O4. The van der Waals surface area contributed by atoms with Crippen molar-refractivity contribution in [1.29, 1.82) is 0 Å². The summed E-state index contributed by atoms with van der Waals surface area (Å²) < 4.78 is 10.6. The van der Waals surface area contributed by atoms with Crippen LogP contribution in [0.1, 0.15) is 37.0 Å². The molecule has 10 heteroatoms. The molecule has 2 amide bonds. The molecule has 0 aliphatic carbocycles. The molecule has 3 heterocycles. The molecule has 1 saturated heterocycles. The van der Waals surface area contributed by atoms with E-state index in [1.807, 2.05) is 26.8 Å². The SMILES string of the molecule is Cc1noc(-c2ccc(C(=O)Nc3ccc(N4CCN(C(=O)OC(C)(C)C)CC4)cn3)cc2)n1. The van der Waals surface area contributed by atoms with E-state index in [0.29, 0.717) is 49.3 Å². The molecule has 4 rings (SSSR count). The lowest BCUT2D eigenvalue weighted by Crippen LogP contribution is -2.50. The summed E-state index contributed by atoms with van der Waals surface area (Å²) in [6.07, 6.45) is 1.43. The molecule has 10 nitrogen and oxygen atoms in total. The highest BCUT2D eigenvalue weighted by molar-refractivity contribution is 6.04. The van der Waals surface area contributed by atoms with Gasteiger partial charge in [-0.15, -0.1) is 0 Å². The number of ether oxygens (including phenoxy) is 1. The van der Waals surface area contributed by atoms with Crippen LogP contribution in [0.2, 0.25) is 0 Å². The van der Waals surface area contributed by atoms with E-state index < -0.39 is 5.60 Å². The molecule has 3 aromatic rings. The first-order valence-electron chi connectivity index (χ1n) is 11.1. The summed E-state index contributed by atoms with van der Waals surface area (Å²) in [4.78, 5) is 37.2. The van der Waals surface area contributed by atoms with Crippen molar-refractivity contribution in [2.75, 3.05) is 36.4 Å². The van der Waals surface area contributed by atoms with Crippen LogP contribution in [0.15, 0.2) is 47.1 Å². The smallest absolute Gasteiger partial charge is 0.410 e. The molecule has 1 aliphatic rings. The molecule has 0 atom stereocenters. The Morgan fingerprint density at radius 1 is 1.03 bits per heavy atom. The average Bonchev–Trinajstić information content (AvgIpc) is 3.25. The number of rotatable bonds is 4. The van der Waals surface area contributed by atoms with Gasteiger partial charge in [-0.3, -0.25) is 4.79 Å². The Labute approximate surface area is 197 Å². The maximum absolute atomic E-state index is 12.6. The molecule has 0 unspecified atom stereocenters. The number of nitrogens with zero attached hydrogens (tertiary/aromatic N) is 5. The first kappa shape index (κ1) is 23.2. The van der Waals surface area contributed by atoms with E-state index in [9.17, 15) is 9.59 Å². The highest BCUT2D eigenvalue weighted by Gasteiger charge is 2.26. The molecule has 2 aromatic heterocycles. The fourth-order valence-electron chi connectivity index (χ4n) is 3.49. The second-order valence-electron chi connectivity index (χ2n) is 9.03. The number of piperazine rings is 1. The summed E-state index contributed by atoms with van der Waals surface area (Å²) in [6, 6.07) is 10.6. The Balaban J connectivity index is 1.31. The lowest BCUT2D eigenvalue weighted by atomic mass is 10.1. The monoisotopic (exact) mass is 464 g/mol. The topological polar surface area (TPSA) is 114 Å². The number of carbonyl (C=O) groups excluding carboxylic acids is 2. The molecule has 0 radical (unpaired) electrons. The van der Waals surface area contributed by atoms with E-state index >= 15 is 0 Å². The first-order chi connectivity index (χ1) is 16.2. The molecule has 0 bridgehead atoms. The van der Waals surface area contributed by atoms with Crippen LogP contribution in [-0.4, -0.2) is 63.8 Å². The maximum Gasteiger partial charge on any atom is 0.410 e. The standard InChI is InChI=1S/C24H28N6O4/c1-16-26-22(34-28-16)18-7-5-17(6-8-18)21(31)27-20-10-9-19(15-25-20)29-11-13-30(14-12-29)23(32)33-24(2,3)4/h5-10,15H,11-14H2,1-4H3,(H,25,27,31). The van der Waals surface area contributed by atoms with Gasteiger partial charge < -0.3 is 24.4 Å². The van der Waals surface area contributed by atoms with E-state index in [4.69, 9.17) is 9.26 Å². The van der Waals surface area contributed by atoms with Gasteiger partial charge in [0.2, 0.25) is 0 Å². The highest BCUT2D eigenvalue weighted by Crippen LogP contribution is 2.20. The lowest BCUT2D eigenvalue weighted by molar-refractivity contribution is 0.0240. The van der Waals surface area contributed by atoms with Gasteiger partial charge in [0.15, 0.2) is 5.82 Å². The summed E-state index contributed by atoms with van der Waals surface area (Å²) in [6.45, 7) is 9.84. The van der Waals surface area contributed by atoms with Crippen LogP contribution in [0.5, 0.6) is 0 Å². The van der Waals surface area contributed by atoms with Crippen LogP contribution in [0.4, 0.5) is 16.3 Å². The van der Waals surface area contributed by atoms with E-state index in [1.165, 1.54) is 0 Å². The summed E-state index contributed by atoms with van der Waals surface area (Å²) in [5.74, 6) is 1.15. The number of amides is 2. The third-order valence-electron chi connectivity index (χ3n) is 5.21. The van der Waals surface area contributed by atoms with Crippen LogP contribution >= 0.6 is 0 Å². The Morgan fingerprint density at radius 2 is 1.74 bits per heavy atom. The Hall–Kier alpha value is -3.95. The third kappa shape index (κ3) is 5.69. The van der Waals surface area contributed by atoms with Gasteiger partial charge in [-0.1, -0.05) is 5.16 Å². The van der Waals surface area contributed by atoms with Gasteiger partial charge in [0.25, 0.3) is 11.8 Å². The number of benzene rings is 1. The first-order valence-corrected chi connectivity index (χ1v) is 11.1. The van der Waals surface area contributed by atoms with E-state index in [0.717, 1.165) is 11.3 Å². The second-order valence-corrected chi connectivity index (χ2v) is 9.03. The van der Waals surface area contributed by atoms with Gasteiger partial charge in [-0.25, -0.2) is 9.78 Å². The second kappa shape index (κ2) is 9.50. The molecule has 178 valence electrons. The minimum atomic E-state index is -0.506. The van der Waals surface area contributed by atoms with Crippen molar-refractivity contribution in [1.82, 2.24) is 20.0 Å². The van der Waals surface area contributed by atoms with Gasteiger partial charge in [0.1, 0.15) is 11.4 Å². The number of aryl methyl sites for hydroxylation is 1. The quantitative estimate of drug-likeness (QED) is 0.621. The summed E-state index contributed by atoms with van der Waals surface area (Å²) in [5, 5.41) is 6.58. The van der Waals surface area contributed by atoms with Gasteiger partial charge >= 0.3 is 6.09 Å². The number of nitrogens with one attached hydrogen (secondary N) is 1. The fraction of sp³-hybridized carbons (Fsp3) is 0.375. The summed E-state index contributed by atoms with van der Waals surface area (Å²) in [7, 11) is 0. The zero-order chi connectivity index (χ0) is 24.3. The van der Waals surface area contributed by atoms with Gasteiger partial charge in [0.05, 0.1) is 11.9 Å². The van der Waals surface area contributed by atoms with Crippen molar-refractivity contribution in [2.45, 2.75) is 33.3 Å². The van der Waals surface area contributed by atoms with Crippen LogP contribution in [0, 0.1) is 6.92 Å². The number of carbonyl (C=O) groups is 2. The molecule has 1 aromatic carbocycles. The normalized spacial score (nSPS) is 14.1. The van der Waals surface area contributed by atoms with Crippen molar-refractivity contribution in [3.05, 3.63) is 54.0 Å². The number of anilines is 2. The van der Waals surface area contributed by atoms with E-state index in [1.54, 1.807) is 48.4 Å². The van der Waals surface area contributed by atoms with Crippen molar-refractivity contribution in [3.8, 4) is 11.5 Å². The number of hydrogen-bond donors (Lipinski definition) is 1. The fourth-order valence-corrected chi connectivity index (χ4v) is 3.49. The van der Waals surface area contributed by atoms with Crippen LogP contribution in [-0.2, 0) is 4.74 Å². The van der Waals surface area contributed by atoms with E-state index in [2.05, 4.69) is 25.3 Å². The zero-order valence-corrected chi connectivity index (χ0v) is 19.7. The molecule has 0 spiro atoms. The van der Waals surface area contributed by atoms with E-state index in [-0.39, 0.29) is 12.0 Å². The Kier molecular flexibility index (Phi) is 6.49. The predicted molar refractivity (Wildman–Crippen MR) is 127 cm³/mol. The van der Waals surface area contributed by atoms with Crippen LogP contribution < -0.4 is 10.2 Å². The summed E-state index contributed by atoms with van der Waals surface area (Å²) in [5.41, 5.74) is 1.66. The van der Waals surface area contributed by atoms with Gasteiger partial charge in [-0.2, -0.15) is 4.98 Å². The lowest BCUT2D eigenvalue weighted by Gasteiger charge is -2.36. The van der Waals surface area contributed by atoms with Crippen molar-refractivity contribution in [2.24, 2.45) is 0 Å². The predicted octanol–water partition coefficient (Wildman–Crippen LogP) is 3.75. The number of pyridine rings is 1. The largest absolute Gasteiger partial charge is 0.444 e. The van der Waals surface area contributed by atoms with Crippen molar-refractivity contribution in [3.63, 3.8) is 0 Å². The van der Waals surface area contributed by atoms with Crippen molar-refractivity contribution < 1.29 is 18.8 Å². The Bertz CT molecular complexity index is 1140. The third-order valence-corrected chi connectivity index (χ3v) is 5.21. The molecule has 1 aliphatic heterocycles. The average molecular weight is 465 g/mol. The minimum Gasteiger partial charge on any atom is -0.444 e. The Morgan fingerprint density at radius 3 is 2.29 bits per heavy atom. The number of aromatic nitrogens is 3. The zero-order valence-electron chi connectivity index (χ0n) is 19.7. The number of hydrogen-bond acceptors (Lipinski definition) is 8. The summed E-state index contributed by atoms with van der Waals surface area (Å²) >= 11 is 0. The molecular weight excluding hydrogens is 436 g/mol. The molecule has 1 fully saturated rings.